The van der Waals surface area contributed by atoms with E-state index in [1.54, 1.807) is 9.58 Å². The molecule has 2 heterocycles. The summed E-state index contributed by atoms with van der Waals surface area (Å²) in [6.45, 7) is 0.899. The van der Waals surface area contributed by atoms with Gasteiger partial charge in [0.15, 0.2) is 0 Å². The highest BCUT2D eigenvalue weighted by Crippen LogP contribution is 2.32. The number of halogens is 3. The number of hydrogen-bond donors (Lipinski definition) is 1. The summed E-state index contributed by atoms with van der Waals surface area (Å²) < 4.78 is 39.9. The SMILES string of the molecule is O=C(O)CCC(=O)N1CCC(n2nnc3cc(C(F)(F)F)ccc32)CC1. The predicted octanol–water partition coefficient (Wildman–Crippen LogP) is 2.48. The standard InChI is InChI=1S/C16H17F3N4O3/c17-16(18,19)10-1-2-13-12(9-10)20-21-23(13)11-5-7-22(8-6-11)14(24)3-4-15(25)26/h1-2,9,11H,3-8H2,(H,25,26). The third kappa shape index (κ3) is 3.78. The van der Waals surface area contributed by atoms with Crippen LogP contribution in [0, 0.1) is 0 Å². The zero-order valence-corrected chi connectivity index (χ0v) is 13.7. The topological polar surface area (TPSA) is 88.3 Å². The van der Waals surface area contributed by atoms with Crippen LogP contribution in [0.3, 0.4) is 0 Å². The van der Waals surface area contributed by atoms with Crippen LogP contribution in [0.15, 0.2) is 18.2 Å². The van der Waals surface area contributed by atoms with Crippen LogP contribution in [0.5, 0.6) is 0 Å². The van der Waals surface area contributed by atoms with E-state index in [9.17, 15) is 22.8 Å². The number of nitrogens with zero attached hydrogens (tertiary/aromatic N) is 4. The molecule has 1 aliphatic heterocycles. The number of piperidine rings is 1. The van der Waals surface area contributed by atoms with Crippen LogP contribution < -0.4 is 0 Å². The molecule has 1 saturated heterocycles. The Hall–Kier alpha value is -2.65. The molecule has 26 heavy (non-hydrogen) atoms. The van der Waals surface area contributed by atoms with E-state index in [1.807, 2.05) is 0 Å². The summed E-state index contributed by atoms with van der Waals surface area (Å²) in [5.74, 6) is -1.22. The van der Waals surface area contributed by atoms with Gasteiger partial charge in [0, 0.05) is 19.5 Å². The van der Waals surface area contributed by atoms with Crippen LogP contribution in [0.4, 0.5) is 13.2 Å². The first kappa shape index (κ1) is 18.2. The Morgan fingerprint density at radius 1 is 1.19 bits per heavy atom. The molecule has 0 unspecified atom stereocenters. The van der Waals surface area contributed by atoms with Gasteiger partial charge in [-0.15, -0.1) is 5.10 Å². The van der Waals surface area contributed by atoms with E-state index in [0.717, 1.165) is 12.1 Å². The molecule has 1 N–H and O–H groups in total. The van der Waals surface area contributed by atoms with Gasteiger partial charge in [0.25, 0.3) is 0 Å². The molecular formula is C16H17F3N4O3. The number of fused-ring (bicyclic) bond motifs is 1. The van der Waals surface area contributed by atoms with Crippen LogP contribution in [0.2, 0.25) is 0 Å². The zero-order valence-electron chi connectivity index (χ0n) is 13.7. The fourth-order valence-corrected chi connectivity index (χ4v) is 3.12. The van der Waals surface area contributed by atoms with Crippen molar-refractivity contribution in [2.24, 2.45) is 0 Å². The minimum absolute atomic E-state index is 0.0352. The average molecular weight is 370 g/mol. The van der Waals surface area contributed by atoms with Crippen LogP contribution in [0.1, 0.15) is 37.3 Å². The van der Waals surface area contributed by atoms with Gasteiger partial charge in [-0.05, 0) is 31.0 Å². The van der Waals surface area contributed by atoms with Gasteiger partial charge in [-0.1, -0.05) is 5.21 Å². The van der Waals surface area contributed by atoms with Crippen molar-refractivity contribution in [1.29, 1.82) is 0 Å². The van der Waals surface area contributed by atoms with E-state index >= 15 is 0 Å². The third-order valence-electron chi connectivity index (χ3n) is 4.51. The summed E-state index contributed by atoms with van der Waals surface area (Å²) >= 11 is 0. The number of aliphatic carboxylic acids is 1. The molecule has 10 heteroatoms. The number of carboxylic acids is 1. The van der Waals surface area contributed by atoms with Crippen molar-refractivity contribution >= 4 is 22.9 Å². The molecule has 1 aliphatic rings. The number of amides is 1. The number of aromatic nitrogens is 3. The van der Waals surface area contributed by atoms with Crippen LogP contribution in [0.25, 0.3) is 11.0 Å². The quantitative estimate of drug-likeness (QED) is 0.893. The minimum atomic E-state index is -4.43. The highest BCUT2D eigenvalue weighted by atomic mass is 19.4. The Bertz CT molecular complexity index is 826. The van der Waals surface area contributed by atoms with Crippen molar-refractivity contribution in [3.63, 3.8) is 0 Å². The molecule has 0 bridgehead atoms. The van der Waals surface area contributed by atoms with Crippen molar-refractivity contribution < 1.29 is 27.9 Å². The van der Waals surface area contributed by atoms with Crippen LogP contribution >= 0.6 is 0 Å². The summed E-state index contributed by atoms with van der Waals surface area (Å²) in [5.41, 5.74) is -0.0654. The fraction of sp³-hybridized carbons (Fsp3) is 0.500. The summed E-state index contributed by atoms with van der Waals surface area (Å²) in [6.07, 6.45) is -3.50. The molecule has 3 rings (SSSR count). The van der Waals surface area contributed by atoms with E-state index in [2.05, 4.69) is 10.3 Å². The second-order valence-corrected chi connectivity index (χ2v) is 6.24. The molecule has 1 fully saturated rings. The first-order valence-electron chi connectivity index (χ1n) is 8.17. The molecule has 0 aliphatic carbocycles. The van der Waals surface area contributed by atoms with E-state index in [4.69, 9.17) is 5.11 Å². The number of carbonyl (C=O) groups is 2. The number of hydrogen-bond acceptors (Lipinski definition) is 4. The zero-order chi connectivity index (χ0) is 18.9. The summed E-state index contributed by atoms with van der Waals surface area (Å²) in [6, 6.07) is 3.28. The van der Waals surface area contributed by atoms with Gasteiger partial charge in [-0.3, -0.25) is 9.59 Å². The van der Waals surface area contributed by atoms with Gasteiger partial charge in [0.1, 0.15) is 5.52 Å². The molecular weight excluding hydrogens is 353 g/mol. The van der Waals surface area contributed by atoms with Crippen molar-refractivity contribution in [2.45, 2.75) is 37.9 Å². The second kappa shape index (κ2) is 6.93. The number of carboxylic acid groups (broad SMARTS) is 1. The Labute approximate surface area is 146 Å². The second-order valence-electron chi connectivity index (χ2n) is 6.24. The van der Waals surface area contributed by atoms with Crippen molar-refractivity contribution in [2.75, 3.05) is 13.1 Å². The highest BCUT2D eigenvalue weighted by Gasteiger charge is 2.31. The largest absolute Gasteiger partial charge is 0.481 e. The average Bonchev–Trinajstić information content (AvgIpc) is 3.02. The lowest BCUT2D eigenvalue weighted by molar-refractivity contribution is -0.141. The number of rotatable bonds is 4. The molecule has 1 aromatic carbocycles. The van der Waals surface area contributed by atoms with Crippen LogP contribution in [-0.4, -0.2) is 50.0 Å². The smallest absolute Gasteiger partial charge is 0.416 e. The molecule has 7 nitrogen and oxygen atoms in total. The Kier molecular flexibility index (Phi) is 4.84. The van der Waals surface area contributed by atoms with E-state index in [1.165, 1.54) is 6.07 Å². The maximum absolute atomic E-state index is 12.8. The fourth-order valence-electron chi connectivity index (χ4n) is 3.12. The van der Waals surface area contributed by atoms with Crippen molar-refractivity contribution in [3.8, 4) is 0 Å². The Balaban J connectivity index is 1.68. The van der Waals surface area contributed by atoms with Gasteiger partial charge >= 0.3 is 12.1 Å². The Morgan fingerprint density at radius 2 is 1.88 bits per heavy atom. The maximum Gasteiger partial charge on any atom is 0.416 e. The summed E-state index contributed by atoms with van der Waals surface area (Å²) in [4.78, 5) is 24.1. The van der Waals surface area contributed by atoms with Crippen molar-refractivity contribution in [3.05, 3.63) is 23.8 Å². The van der Waals surface area contributed by atoms with E-state index in [-0.39, 0.29) is 30.3 Å². The van der Waals surface area contributed by atoms with Crippen molar-refractivity contribution in [1.82, 2.24) is 19.9 Å². The first-order valence-corrected chi connectivity index (χ1v) is 8.17. The highest BCUT2D eigenvalue weighted by molar-refractivity contribution is 5.80. The molecule has 0 radical (unpaired) electrons. The molecule has 2 aromatic rings. The van der Waals surface area contributed by atoms with Gasteiger partial charge in [-0.25, -0.2) is 4.68 Å². The predicted molar refractivity (Wildman–Crippen MR) is 84.3 cm³/mol. The number of carbonyl (C=O) groups excluding carboxylic acids is 1. The molecule has 0 saturated carbocycles. The summed E-state index contributed by atoms with van der Waals surface area (Å²) in [5, 5.41) is 16.5. The molecule has 0 atom stereocenters. The molecule has 140 valence electrons. The molecule has 1 aromatic heterocycles. The van der Waals surface area contributed by atoms with Gasteiger partial charge in [0.2, 0.25) is 5.91 Å². The van der Waals surface area contributed by atoms with E-state index < -0.39 is 17.7 Å². The van der Waals surface area contributed by atoms with Gasteiger partial charge in [-0.2, -0.15) is 13.2 Å². The van der Waals surface area contributed by atoms with Crippen LogP contribution in [-0.2, 0) is 15.8 Å². The minimum Gasteiger partial charge on any atom is -0.481 e. The van der Waals surface area contributed by atoms with Gasteiger partial charge < -0.3 is 10.0 Å². The maximum atomic E-state index is 12.8. The number of likely N-dealkylation sites (tertiary alicyclic amines) is 1. The number of alkyl halides is 3. The monoisotopic (exact) mass is 370 g/mol. The van der Waals surface area contributed by atoms with E-state index in [0.29, 0.717) is 31.4 Å². The lowest BCUT2D eigenvalue weighted by Gasteiger charge is -2.32. The lowest BCUT2D eigenvalue weighted by atomic mass is 10.0. The molecule has 1 amide bonds. The lowest BCUT2D eigenvalue weighted by Crippen LogP contribution is -2.39. The Morgan fingerprint density at radius 3 is 2.50 bits per heavy atom. The van der Waals surface area contributed by atoms with Gasteiger partial charge in [0.05, 0.1) is 23.5 Å². The third-order valence-corrected chi connectivity index (χ3v) is 4.51. The number of benzene rings is 1. The summed E-state index contributed by atoms with van der Waals surface area (Å²) in [7, 11) is 0. The first-order chi connectivity index (χ1) is 12.3. The normalized spacial score (nSPS) is 16.2. The molecule has 0 spiro atoms.